The van der Waals surface area contributed by atoms with E-state index < -0.39 is 0 Å². The second-order valence-corrected chi connectivity index (χ2v) is 6.57. The average molecular weight is 357 g/mol. The van der Waals surface area contributed by atoms with Crippen LogP contribution in [0.15, 0.2) is 60.7 Å². The molecule has 130 valence electrons. The molecular formula is C20H23ClN3O+. The molecule has 0 radical (unpaired) electrons. The summed E-state index contributed by atoms with van der Waals surface area (Å²) >= 11 is 6.09. The summed E-state index contributed by atoms with van der Waals surface area (Å²) in [6.45, 7) is 4.40. The summed E-state index contributed by atoms with van der Waals surface area (Å²) in [6.07, 6.45) is 4.37. The molecular weight excluding hydrogens is 334 g/mol. The molecule has 2 amide bonds. The number of para-hydroxylation sites is 1. The zero-order valence-electron chi connectivity index (χ0n) is 14.1. The highest BCUT2D eigenvalue weighted by Crippen LogP contribution is 2.20. The van der Waals surface area contributed by atoms with Gasteiger partial charge in [0.25, 0.3) is 0 Å². The lowest BCUT2D eigenvalue weighted by Gasteiger charge is -2.31. The summed E-state index contributed by atoms with van der Waals surface area (Å²) in [4.78, 5) is 15.7. The number of hydrogen-bond donors (Lipinski definition) is 2. The molecule has 1 aliphatic rings. The quantitative estimate of drug-likeness (QED) is 0.868. The minimum atomic E-state index is -0.0769. The van der Waals surface area contributed by atoms with E-state index >= 15 is 0 Å². The van der Waals surface area contributed by atoms with Crippen LogP contribution in [0.1, 0.15) is 5.56 Å². The molecule has 4 nitrogen and oxygen atoms in total. The van der Waals surface area contributed by atoms with Crippen LogP contribution in [0.2, 0.25) is 5.02 Å². The van der Waals surface area contributed by atoms with Crippen LogP contribution in [0.5, 0.6) is 0 Å². The lowest BCUT2D eigenvalue weighted by molar-refractivity contribution is -0.898. The van der Waals surface area contributed by atoms with Crippen molar-refractivity contribution in [3.63, 3.8) is 0 Å². The summed E-state index contributed by atoms with van der Waals surface area (Å²) in [6, 6.07) is 17.5. The lowest BCUT2D eigenvalue weighted by atomic mass is 10.2. The first-order valence-electron chi connectivity index (χ1n) is 8.58. The van der Waals surface area contributed by atoms with E-state index in [1.807, 2.05) is 41.3 Å². The summed E-state index contributed by atoms with van der Waals surface area (Å²) in [5.74, 6) is 0. The van der Waals surface area contributed by atoms with Crippen molar-refractivity contribution < 1.29 is 9.69 Å². The van der Waals surface area contributed by atoms with Gasteiger partial charge in [0.1, 0.15) is 0 Å². The number of piperazine rings is 1. The molecule has 1 fully saturated rings. The number of quaternary nitrogens is 1. The Hall–Kier alpha value is -2.30. The third kappa shape index (κ3) is 5.08. The molecule has 1 heterocycles. The van der Waals surface area contributed by atoms with E-state index in [4.69, 9.17) is 11.6 Å². The van der Waals surface area contributed by atoms with E-state index in [0.29, 0.717) is 10.7 Å². The fraction of sp³-hybridized carbons (Fsp3) is 0.250. The Kier molecular flexibility index (Phi) is 6.09. The first kappa shape index (κ1) is 17.5. The summed E-state index contributed by atoms with van der Waals surface area (Å²) in [7, 11) is 0. The molecule has 0 unspecified atom stereocenters. The zero-order valence-corrected chi connectivity index (χ0v) is 14.9. The van der Waals surface area contributed by atoms with Gasteiger partial charge in [0, 0.05) is 0 Å². The minimum Gasteiger partial charge on any atom is -0.329 e. The van der Waals surface area contributed by atoms with Crippen molar-refractivity contribution in [3.05, 3.63) is 71.3 Å². The number of carbonyl (C=O) groups excluding carboxylic acids is 1. The van der Waals surface area contributed by atoms with Crippen molar-refractivity contribution in [1.82, 2.24) is 4.90 Å². The molecule has 0 atom stereocenters. The number of benzene rings is 2. The summed E-state index contributed by atoms with van der Waals surface area (Å²) in [5, 5.41) is 3.45. The molecule has 25 heavy (non-hydrogen) atoms. The van der Waals surface area contributed by atoms with Gasteiger partial charge >= 0.3 is 6.03 Å². The van der Waals surface area contributed by atoms with Gasteiger partial charge in [-0.05, 0) is 23.8 Å². The van der Waals surface area contributed by atoms with Crippen molar-refractivity contribution in [3.8, 4) is 0 Å². The molecule has 0 saturated carbocycles. The molecule has 1 saturated heterocycles. The van der Waals surface area contributed by atoms with Crippen molar-refractivity contribution >= 4 is 29.4 Å². The highest BCUT2D eigenvalue weighted by Gasteiger charge is 2.23. The van der Waals surface area contributed by atoms with Gasteiger partial charge in [-0.15, -0.1) is 0 Å². The smallest absolute Gasteiger partial charge is 0.322 e. The van der Waals surface area contributed by atoms with E-state index in [9.17, 15) is 4.79 Å². The van der Waals surface area contributed by atoms with Gasteiger partial charge in [0.2, 0.25) is 0 Å². The first-order chi connectivity index (χ1) is 12.2. The Balaban J connectivity index is 1.44. The minimum absolute atomic E-state index is 0.0769. The van der Waals surface area contributed by atoms with Crippen LogP contribution >= 0.6 is 11.6 Å². The topological polar surface area (TPSA) is 36.8 Å². The second kappa shape index (κ2) is 8.70. The van der Waals surface area contributed by atoms with E-state index in [1.54, 1.807) is 6.07 Å². The monoisotopic (exact) mass is 356 g/mol. The van der Waals surface area contributed by atoms with Crippen molar-refractivity contribution in [2.45, 2.75) is 0 Å². The van der Waals surface area contributed by atoms with Crippen LogP contribution in [0, 0.1) is 0 Å². The van der Waals surface area contributed by atoms with Crippen LogP contribution in [-0.4, -0.2) is 43.7 Å². The maximum absolute atomic E-state index is 12.4. The van der Waals surface area contributed by atoms with E-state index in [-0.39, 0.29) is 6.03 Å². The van der Waals surface area contributed by atoms with Gasteiger partial charge < -0.3 is 15.1 Å². The van der Waals surface area contributed by atoms with Crippen LogP contribution in [0.3, 0.4) is 0 Å². The van der Waals surface area contributed by atoms with Gasteiger partial charge in [-0.25, -0.2) is 4.79 Å². The maximum Gasteiger partial charge on any atom is 0.322 e. The maximum atomic E-state index is 12.4. The van der Waals surface area contributed by atoms with Gasteiger partial charge in [-0.2, -0.15) is 0 Å². The lowest BCUT2D eigenvalue weighted by Crippen LogP contribution is -3.14. The normalized spacial score (nSPS) is 15.5. The molecule has 5 heteroatoms. The van der Waals surface area contributed by atoms with E-state index in [2.05, 4.69) is 29.6 Å². The predicted molar refractivity (Wildman–Crippen MR) is 103 cm³/mol. The Morgan fingerprint density at radius 2 is 1.76 bits per heavy atom. The predicted octanol–water partition coefficient (Wildman–Crippen LogP) is 2.79. The van der Waals surface area contributed by atoms with Crippen LogP contribution < -0.4 is 10.2 Å². The van der Waals surface area contributed by atoms with Crippen LogP contribution in [0.25, 0.3) is 6.08 Å². The fourth-order valence-corrected chi connectivity index (χ4v) is 3.10. The Morgan fingerprint density at radius 1 is 1.08 bits per heavy atom. The molecule has 3 rings (SSSR count). The van der Waals surface area contributed by atoms with Crippen LogP contribution in [-0.2, 0) is 0 Å². The summed E-state index contributed by atoms with van der Waals surface area (Å²) < 4.78 is 0. The molecule has 0 spiro atoms. The largest absolute Gasteiger partial charge is 0.329 e. The van der Waals surface area contributed by atoms with Crippen molar-refractivity contribution in [1.29, 1.82) is 0 Å². The first-order valence-corrected chi connectivity index (χ1v) is 8.96. The van der Waals surface area contributed by atoms with Gasteiger partial charge in [0.15, 0.2) is 0 Å². The standard InChI is InChI=1S/C20H22ClN3O/c21-18-10-4-5-11-19(18)22-20(25)24-15-13-23(14-16-24)12-6-9-17-7-2-1-3-8-17/h1-11H,12-16H2,(H,22,25)/p+1/b9-6+. The molecule has 0 bridgehead atoms. The SMILES string of the molecule is O=C(Nc1ccccc1Cl)N1CC[NH+](C/C=C/c2ccccc2)CC1. The Labute approximate surface area is 153 Å². The average Bonchev–Trinajstić information content (AvgIpc) is 2.65. The molecule has 0 aliphatic carbocycles. The fourth-order valence-electron chi connectivity index (χ4n) is 2.91. The second-order valence-electron chi connectivity index (χ2n) is 6.16. The summed E-state index contributed by atoms with van der Waals surface area (Å²) in [5.41, 5.74) is 1.88. The van der Waals surface area contributed by atoms with Gasteiger partial charge in [-0.3, -0.25) is 0 Å². The number of rotatable bonds is 4. The highest BCUT2D eigenvalue weighted by atomic mass is 35.5. The Bertz CT molecular complexity index is 725. The van der Waals surface area contributed by atoms with Gasteiger partial charge in [0.05, 0.1) is 43.4 Å². The third-order valence-corrected chi connectivity index (χ3v) is 4.72. The number of hydrogen-bond acceptors (Lipinski definition) is 1. The molecule has 1 aliphatic heterocycles. The number of nitrogens with zero attached hydrogens (tertiary/aromatic N) is 1. The number of urea groups is 1. The van der Waals surface area contributed by atoms with E-state index in [0.717, 1.165) is 32.7 Å². The number of anilines is 1. The molecule has 2 N–H and O–H groups in total. The number of halogens is 1. The number of amides is 2. The zero-order chi connectivity index (χ0) is 17.5. The highest BCUT2D eigenvalue weighted by molar-refractivity contribution is 6.33. The number of carbonyl (C=O) groups is 1. The molecule has 0 aromatic heterocycles. The van der Waals surface area contributed by atoms with E-state index in [1.165, 1.54) is 10.5 Å². The Morgan fingerprint density at radius 3 is 2.48 bits per heavy atom. The van der Waals surface area contributed by atoms with Crippen LogP contribution in [0.4, 0.5) is 10.5 Å². The third-order valence-electron chi connectivity index (χ3n) is 4.39. The molecule has 2 aromatic rings. The van der Waals surface area contributed by atoms with Gasteiger partial charge in [-0.1, -0.05) is 60.1 Å². The van der Waals surface area contributed by atoms with Crippen molar-refractivity contribution in [2.24, 2.45) is 0 Å². The number of nitrogens with one attached hydrogen (secondary N) is 2. The van der Waals surface area contributed by atoms with Crippen molar-refractivity contribution in [2.75, 3.05) is 38.0 Å². The molecule has 2 aromatic carbocycles.